The highest BCUT2D eigenvalue weighted by Crippen LogP contribution is 2.67. The van der Waals surface area contributed by atoms with Gasteiger partial charge in [-0.1, -0.05) is 65.5 Å². The van der Waals surface area contributed by atoms with Crippen LogP contribution < -0.4 is 11.1 Å². The third kappa shape index (κ3) is 4.44. The Labute approximate surface area is 209 Å². The van der Waals surface area contributed by atoms with Crippen molar-refractivity contribution in [2.24, 2.45) is 46.2 Å². The van der Waals surface area contributed by atoms with E-state index < -0.39 is 11.7 Å². The van der Waals surface area contributed by atoms with Gasteiger partial charge in [-0.2, -0.15) is 0 Å². The summed E-state index contributed by atoms with van der Waals surface area (Å²) in [5.41, 5.74) is 6.78. The number of rotatable bonds is 9. The van der Waals surface area contributed by atoms with Crippen molar-refractivity contribution in [1.29, 1.82) is 0 Å². The van der Waals surface area contributed by atoms with Gasteiger partial charge < -0.3 is 21.3 Å². The van der Waals surface area contributed by atoms with Gasteiger partial charge in [0.05, 0.1) is 17.7 Å². The fraction of sp³-hybridized carbons (Fsp3) is 0.933. The number of nitrogens with two attached hydrogens (primary N) is 1. The molecule has 0 aromatic heterocycles. The molecule has 4 rings (SSSR count). The summed E-state index contributed by atoms with van der Waals surface area (Å²) >= 11 is 0. The molecule has 196 valence electrons. The first-order valence-corrected chi connectivity index (χ1v) is 14.6. The highest BCUT2D eigenvalue weighted by Gasteiger charge is 2.64. The first-order chi connectivity index (χ1) is 16.1. The predicted octanol–water partition coefficient (Wildman–Crippen LogP) is 5.42. The van der Waals surface area contributed by atoms with Gasteiger partial charge in [-0.05, 0) is 93.0 Å². The SMILES string of the molecule is CC(C)CCC[C@@H](C)[C@H]1CC[C@H]2C3=CC(NCCCN)C4(O)CC(O)CC[C@]4(C)[C@H]3CC[C@]12C. The average Bonchev–Trinajstić information content (AvgIpc) is 3.12. The summed E-state index contributed by atoms with van der Waals surface area (Å²) in [5, 5.41) is 26.5. The Bertz CT molecular complexity index is 737. The molecular weight excluding hydrogens is 420 g/mol. The predicted molar refractivity (Wildman–Crippen MR) is 141 cm³/mol. The van der Waals surface area contributed by atoms with Crippen molar-refractivity contribution in [3.8, 4) is 0 Å². The van der Waals surface area contributed by atoms with Crippen LogP contribution in [0.3, 0.4) is 0 Å². The van der Waals surface area contributed by atoms with Crippen molar-refractivity contribution >= 4 is 0 Å². The van der Waals surface area contributed by atoms with Crippen LogP contribution in [-0.2, 0) is 0 Å². The molecule has 0 aromatic carbocycles. The standard InChI is InChI=1S/C30H54N2O2/c1-20(2)8-6-9-21(3)24-10-11-25-23-18-27(32-17-7-16-31)30(34)19-22(33)12-15-29(30,5)26(23)13-14-28(24,25)4/h18,20-22,24-27,32-34H,6-17,19,31H2,1-5H3/t21-,22?,24-,25+,26+,27?,28-,29-,30?/m1/s1. The lowest BCUT2D eigenvalue weighted by Crippen LogP contribution is -2.68. The molecule has 3 fully saturated rings. The Kier molecular flexibility index (Phi) is 7.95. The van der Waals surface area contributed by atoms with Gasteiger partial charge in [0, 0.05) is 11.8 Å². The normalized spacial score (nSPS) is 44.9. The quantitative estimate of drug-likeness (QED) is 0.266. The van der Waals surface area contributed by atoms with Crippen LogP contribution in [0.2, 0.25) is 0 Å². The number of aliphatic hydroxyl groups excluding tert-OH is 1. The second-order valence-corrected chi connectivity index (χ2v) is 13.6. The molecule has 0 heterocycles. The molecule has 4 heteroatoms. The second kappa shape index (κ2) is 10.1. The lowest BCUT2D eigenvalue weighted by Gasteiger charge is -2.63. The molecule has 0 spiro atoms. The van der Waals surface area contributed by atoms with E-state index in [9.17, 15) is 10.2 Å². The van der Waals surface area contributed by atoms with E-state index in [-0.39, 0.29) is 11.5 Å². The molecule has 0 radical (unpaired) electrons. The van der Waals surface area contributed by atoms with Gasteiger partial charge >= 0.3 is 0 Å². The first-order valence-electron chi connectivity index (χ1n) is 14.6. The van der Waals surface area contributed by atoms with Crippen molar-refractivity contribution in [3.63, 3.8) is 0 Å². The minimum atomic E-state index is -0.886. The van der Waals surface area contributed by atoms with Crippen molar-refractivity contribution in [1.82, 2.24) is 5.32 Å². The zero-order valence-electron chi connectivity index (χ0n) is 22.8. The number of hydrogen-bond acceptors (Lipinski definition) is 4. The van der Waals surface area contributed by atoms with E-state index in [1.807, 2.05) is 0 Å². The Morgan fingerprint density at radius 1 is 1.03 bits per heavy atom. The second-order valence-electron chi connectivity index (χ2n) is 13.6. The Hall–Kier alpha value is -0.420. The number of fused-ring (bicyclic) bond motifs is 5. The Morgan fingerprint density at radius 2 is 1.79 bits per heavy atom. The van der Waals surface area contributed by atoms with E-state index in [0.717, 1.165) is 43.6 Å². The van der Waals surface area contributed by atoms with E-state index in [0.29, 0.717) is 30.2 Å². The number of hydrogen-bond donors (Lipinski definition) is 4. The van der Waals surface area contributed by atoms with E-state index in [4.69, 9.17) is 5.73 Å². The summed E-state index contributed by atoms with van der Waals surface area (Å²) in [6.07, 6.45) is 14.4. The lowest BCUT2D eigenvalue weighted by atomic mass is 9.45. The molecule has 0 aromatic rings. The molecule has 4 aliphatic carbocycles. The van der Waals surface area contributed by atoms with Gasteiger partial charge in [0.25, 0.3) is 0 Å². The molecule has 3 saturated carbocycles. The molecule has 5 N–H and O–H groups in total. The number of nitrogens with one attached hydrogen (secondary N) is 1. The highest BCUT2D eigenvalue weighted by atomic mass is 16.3. The minimum absolute atomic E-state index is 0.0879. The maximum atomic E-state index is 12.2. The van der Waals surface area contributed by atoms with Crippen molar-refractivity contribution in [2.45, 2.75) is 123 Å². The molecule has 0 saturated heterocycles. The van der Waals surface area contributed by atoms with Gasteiger partial charge in [-0.3, -0.25) is 0 Å². The first kappa shape index (κ1) is 26.6. The summed E-state index contributed by atoms with van der Waals surface area (Å²) in [7, 11) is 0. The zero-order chi connectivity index (χ0) is 24.7. The van der Waals surface area contributed by atoms with Gasteiger partial charge in [0.2, 0.25) is 0 Å². The Balaban J connectivity index is 1.61. The minimum Gasteiger partial charge on any atom is -0.393 e. The van der Waals surface area contributed by atoms with Gasteiger partial charge in [0.1, 0.15) is 0 Å². The van der Waals surface area contributed by atoms with Crippen LogP contribution in [0.15, 0.2) is 11.6 Å². The van der Waals surface area contributed by atoms with E-state index in [2.05, 4.69) is 46.0 Å². The van der Waals surface area contributed by atoms with Crippen LogP contribution in [-0.4, -0.2) is 41.0 Å². The average molecular weight is 475 g/mol. The monoisotopic (exact) mass is 474 g/mol. The Morgan fingerprint density at radius 3 is 2.50 bits per heavy atom. The van der Waals surface area contributed by atoms with Crippen LogP contribution in [0.4, 0.5) is 0 Å². The summed E-state index contributed by atoms with van der Waals surface area (Å²) in [6.45, 7) is 13.7. The molecular formula is C30H54N2O2. The molecule has 3 unspecified atom stereocenters. The topological polar surface area (TPSA) is 78.5 Å². The largest absolute Gasteiger partial charge is 0.393 e. The number of aliphatic hydroxyl groups is 2. The van der Waals surface area contributed by atoms with Gasteiger partial charge in [-0.15, -0.1) is 0 Å². The summed E-state index contributed by atoms with van der Waals surface area (Å²) < 4.78 is 0. The van der Waals surface area contributed by atoms with Crippen molar-refractivity contribution in [3.05, 3.63) is 11.6 Å². The summed E-state index contributed by atoms with van der Waals surface area (Å²) in [4.78, 5) is 0. The van der Waals surface area contributed by atoms with Crippen molar-refractivity contribution in [2.75, 3.05) is 13.1 Å². The molecule has 4 aliphatic rings. The maximum Gasteiger partial charge on any atom is 0.0919 e. The smallest absolute Gasteiger partial charge is 0.0919 e. The maximum absolute atomic E-state index is 12.2. The number of allylic oxidation sites excluding steroid dienone is 1. The van der Waals surface area contributed by atoms with E-state index >= 15 is 0 Å². The third-order valence-corrected chi connectivity index (χ3v) is 11.2. The van der Waals surface area contributed by atoms with Crippen LogP contribution in [0.5, 0.6) is 0 Å². The fourth-order valence-electron chi connectivity index (χ4n) is 9.19. The zero-order valence-corrected chi connectivity index (χ0v) is 22.8. The summed E-state index contributed by atoms with van der Waals surface area (Å²) in [6, 6.07) is -0.0879. The molecule has 9 atom stereocenters. The van der Waals surface area contributed by atoms with Crippen LogP contribution in [0.1, 0.15) is 105 Å². The van der Waals surface area contributed by atoms with E-state index in [1.54, 1.807) is 5.57 Å². The fourth-order valence-corrected chi connectivity index (χ4v) is 9.19. The van der Waals surface area contributed by atoms with Crippen LogP contribution >= 0.6 is 0 Å². The van der Waals surface area contributed by atoms with E-state index in [1.165, 1.54) is 44.9 Å². The lowest BCUT2D eigenvalue weighted by molar-refractivity contribution is -0.181. The van der Waals surface area contributed by atoms with Crippen LogP contribution in [0.25, 0.3) is 0 Å². The third-order valence-electron chi connectivity index (χ3n) is 11.2. The van der Waals surface area contributed by atoms with Gasteiger partial charge in [0.15, 0.2) is 0 Å². The molecule has 4 nitrogen and oxygen atoms in total. The molecule has 0 aliphatic heterocycles. The van der Waals surface area contributed by atoms with Crippen molar-refractivity contribution < 1.29 is 10.2 Å². The molecule has 34 heavy (non-hydrogen) atoms. The summed E-state index contributed by atoms with van der Waals surface area (Å²) in [5.74, 6) is 3.52. The molecule has 0 amide bonds. The van der Waals surface area contributed by atoms with Crippen LogP contribution in [0, 0.1) is 40.4 Å². The highest BCUT2D eigenvalue weighted by molar-refractivity contribution is 5.34. The molecule has 0 bridgehead atoms. The van der Waals surface area contributed by atoms with Gasteiger partial charge in [-0.25, -0.2) is 0 Å².